The maximum absolute atomic E-state index is 8.95. The van der Waals surface area contributed by atoms with Crippen LogP contribution in [0.4, 0.5) is 0 Å². The molecular formula is C16H19N3O2. The minimum Gasteiger partial charge on any atom is -0.456 e. The average Bonchev–Trinajstić information content (AvgIpc) is 2.41. The number of hydrogen-bond donors (Lipinski definition) is 2. The highest BCUT2D eigenvalue weighted by molar-refractivity contribution is 6.00. The van der Waals surface area contributed by atoms with Gasteiger partial charge in [-0.25, -0.2) is 0 Å². The molecule has 0 spiro atoms. The van der Waals surface area contributed by atoms with Crippen molar-refractivity contribution in [3.63, 3.8) is 0 Å². The molecule has 0 aliphatic carbocycles. The Labute approximate surface area is 124 Å². The van der Waals surface area contributed by atoms with Crippen molar-refractivity contribution in [1.82, 2.24) is 4.98 Å². The SMILES string of the molecule is Cc1ccc(C)c(Oc2cc(C)nc(C)c2/C(N)=N/O)c1. The Morgan fingerprint density at radius 1 is 1.14 bits per heavy atom. The lowest BCUT2D eigenvalue weighted by Crippen LogP contribution is -2.17. The predicted octanol–water partition coefficient (Wildman–Crippen LogP) is 3.20. The molecule has 0 saturated carbocycles. The molecule has 0 saturated heterocycles. The Morgan fingerprint density at radius 2 is 1.86 bits per heavy atom. The summed E-state index contributed by atoms with van der Waals surface area (Å²) >= 11 is 0. The van der Waals surface area contributed by atoms with E-state index in [2.05, 4.69) is 10.1 Å². The van der Waals surface area contributed by atoms with E-state index in [4.69, 9.17) is 15.7 Å². The number of hydrogen-bond acceptors (Lipinski definition) is 4. The van der Waals surface area contributed by atoms with E-state index in [0.29, 0.717) is 17.0 Å². The van der Waals surface area contributed by atoms with Gasteiger partial charge in [0.1, 0.15) is 11.5 Å². The monoisotopic (exact) mass is 285 g/mol. The number of pyridine rings is 1. The van der Waals surface area contributed by atoms with E-state index >= 15 is 0 Å². The largest absolute Gasteiger partial charge is 0.456 e. The van der Waals surface area contributed by atoms with Crippen molar-refractivity contribution >= 4 is 5.84 Å². The molecule has 0 bridgehead atoms. The zero-order valence-corrected chi connectivity index (χ0v) is 12.6. The molecule has 5 nitrogen and oxygen atoms in total. The molecule has 1 aromatic carbocycles. The quantitative estimate of drug-likeness (QED) is 0.393. The Bertz CT molecular complexity index is 709. The lowest BCUT2D eigenvalue weighted by Gasteiger charge is -2.15. The molecule has 1 aromatic heterocycles. The van der Waals surface area contributed by atoms with Crippen LogP contribution in [0.15, 0.2) is 29.4 Å². The first-order chi connectivity index (χ1) is 9.92. The Morgan fingerprint density at radius 3 is 2.52 bits per heavy atom. The van der Waals surface area contributed by atoms with Crippen molar-refractivity contribution in [2.45, 2.75) is 27.7 Å². The number of oxime groups is 1. The molecule has 2 aromatic rings. The van der Waals surface area contributed by atoms with E-state index < -0.39 is 0 Å². The molecular weight excluding hydrogens is 266 g/mol. The molecule has 0 unspecified atom stereocenters. The first-order valence-corrected chi connectivity index (χ1v) is 6.63. The third-order valence-electron chi connectivity index (χ3n) is 3.22. The van der Waals surface area contributed by atoms with E-state index in [-0.39, 0.29) is 5.84 Å². The first kappa shape index (κ1) is 14.8. The Balaban J connectivity index is 2.55. The molecule has 0 radical (unpaired) electrons. The normalized spacial score (nSPS) is 11.5. The van der Waals surface area contributed by atoms with E-state index in [0.717, 1.165) is 22.6 Å². The number of nitrogens with two attached hydrogens (primary N) is 1. The van der Waals surface area contributed by atoms with Crippen LogP contribution in [0.2, 0.25) is 0 Å². The number of nitrogens with zero attached hydrogens (tertiary/aromatic N) is 2. The molecule has 0 fully saturated rings. The highest BCUT2D eigenvalue weighted by Gasteiger charge is 2.15. The van der Waals surface area contributed by atoms with Crippen molar-refractivity contribution in [2.75, 3.05) is 0 Å². The van der Waals surface area contributed by atoms with Crippen LogP contribution in [-0.4, -0.2) is 16.0 Å². The first-order valence-electron chi connectivity index (χ1n) is 6.63. The van der Waals surface area contributed by atoms with Gasteiger partial charge in [0.15, 0.2) is 5.84 Å². The van der Waals surface area contributed by atoms with Gasteiger partial charge in [-0.05, 0) is 44.9 Å². The van der Waals surface area contributed by atoms with Crippen LogP contribution < -0.4 is 10.5 Å². The van der Waals surface area contributed by atoms with Gasteiger partial charge in [0, 0.05) is 11.8 Å². The van der Waals surface area contributed by atoms with E-state index in [9.17, 15) is 0 Å². The number of ether oxygens (including phenoxy) is 1. The molecule has 0 amide bonds. The lowest BCUT2D eigenvalue weighted by atomic mass is 10.1. The summed E-state index contributed by atoms with van der Waals surface area (Å²) in [4.78, 5) is 4.33. The summed E-state index contributed by atoms with van der Waals surface area (Å²) in [7, 11) is 0. The maximum Gasteiger partial charge on any atom is 0.175 e. The maximum atomic E-state index is 8.95. The summed E-state index contributed by atoms with van der Waals surface area (Å²) in [5.74, 6) is 1.26. The number of benzene rings is 1. The third-order valence-corrected chi connectivity index (χ3v) is 3.22. The summed E-state index contributed by atoms with van der Waals surface area (Å²) in [5.41, 5.74) is 9.83. The molecule has 0 aliphatic heterocycles. The van der Waals surface area contributed by atoms with Crippen molar-refractivity contribution in [3.8, 4) is 11.5 Å². The third kappa shape index (κ3) is 3.13. The van der Waals surface area contributed by atoms with E-state index in [1.807, 2.05) is 39.0 Å². The number of aryl methyl sites for hydroxylation is 4. The minimum atomic E-state index is -0.0136. The second kappa shape index (κ2) is 5.83. The van der Waals surface area contributed by atoms with Crippen molar-refractivity contribution < 1.29 is 9.94 Å². The molecule has 0 atom stereocenters. The second-order valence-electron chi connectivity index (χ2n) is 5.08. The summed E-state index contributed by atoms with van der Waals surface area (Å²) in [6, 6.07) is 7.75. The van der Waals surface area contributed by atoms with Gasteiger partial charge in [-0.3, -0.25) is 4.98 Å². The molecule has 3 N–H and O–H groups in total. The highest BCUT2D eigenvalue weighted by atomic mass is 16.5. The number of amidine groups is 1. The minimum absolute atomic E-state index is 0.0136. The van der Waals surface area contributed by atoms with Crippen molar-refractivity contribution in [1.29, 1.82) is 0 Å². The van der Waals surface area contributed by atoms with Crippen LogP contribution in [0, 0.1) is 27.7 Å². The summed E-state index contributed by atoms with van der Waals surface area (Å²) < 4.78 is 5.99. The number of rotatable bonds is 3. The van der Waals surface area contributed by atoms with Crippen LogP contribution in [0.3, 0.4) is 0 Å². The van der Waals surface area contributed by atoms with Crippen molar-refractivity contribution in [2.24, 2.45) is 10.9 Å². The van der Waals surface area contributed by atoms with E-state index in [1.54, 1.807) is 13.0 Å². The standard InChI is InChI=1S/C16H19N3O2/c1-9-5-6-10(2)13(7-9)21-14-8-11(3)18-12(4)15(14)16(17)19-20/h5-8,20H,1-4H3,(H2,17,19). The summed E-state index contributed by atoms with van der Waals surface area (Å²) in [5, 5.41) is 12.0. The van der Waals surface area contributed by atoms with E-state index in [1.165, 1.54) is 0 Å². The average molecular weight is 285 g/mol. The fourth-order valence-electron chi connectivity index (χ4n) is 2.17. The zero-order chi connectivity index (χ0) is 15.6. The molecule has 5 heteroatoms. The molecule has 0 aliphatic rings. The van der Waals surface area contributed by atoms with Crippen LogP contribution in [0.1, 0.15) is 28.1 Å². The fraction of sp³-hybridized carbons (Fsp3) is 0.250. The Kier molecular flexibility index (Phi) is 4.12. The Hall–Kier alpha value is -2.56. The van der Waals surface area contributed by atoms with Gasteiger partial charge in [0.25, 0.3) is 0 Å². The van der Waals surface area contributed by atoms with Gasteiger partial charge < -0.3 is 15.7 Å². The summed E-state index contributed by atoms with van der Waals surface area (Å²) in [6.45, 7) is 7.65. The molecule has 21 heavy (non-hydrogen) atoms. The van der Waals surface area contributed by atoms with Gasteiger partial charge in [-0.2, -0.15) is 0 Å². The van der Waals surface area contributed by atoms with Crippen LogP contribution in [0.5, 0.6) is 11.5 Å². The van der Waals surface area contributed by atoms with Gasteiger partial charge in [-0.1, -0.05) is 17.3 Å². The topological polar surface area (TPSA) is 80.7 Å². The smallest absolute Gasteiger partial charge is 0.175 e. The predicted molar refractivity (Wildman–Crippen MR) is 82.2 cm³/mol. The van der Waals surface area contributed by atoms with Gasteiger partial charge in [0.2, 0.25) is 0 Å². The highest BCUT2D eigenvalue weighted by Crippen LogP contribution is 2.30. The van der Waals surface area contributed by atoms with Crippen LogP contribution >= 0.6 is 0 Å². The van der Waals surface area contributed by atoms with Gasteiger partial charge >= 0.3 is 0 Å². The fourth-order valence-corrected chi connectivity index (χ4v) is 2.17. The summed E-state index contributed by atoms with van der Waals surface area (Å²) in [6.07, 6.45) is 0. The number of aromatic nitrogens is 1. The lowest BCUT2D eigenvalue weighted by molar-refractivity contribution is 0.318. The molecule has 1 heterocycles. The van der Waals surface area contributed by atoms with Gasteiger partial charge in [-0.15, -0.1) is 0 Å². The van der Waals surface area contributed by atoms with Gasteiger partial charge in [0.05, 0.1) is 11.3 Å². The van der Waals surface area contributed by atoms with Crippen molar-refractivity contribution in [3.05, 3.63) is 52.3 Å². The zero-order valence-electron chi connectivity index (χ0n) is 12.6. The van der Waals surface area contributed by atoms with Crippen LogP contribution in [0.25, 0.3) is 0 Å². The molecule has 110 valence electrons. The second-order valence-corrected chi connectivity index (χ2v) is 5.08. The molecule has 2 rings (SSSR count). The van der Waals surface area contributed by atoms with Crippen LogP contribution in [-0.2, 0) is 0 Å².